The van der Waals surface area contributed by atoms with Crippen LogP contribution in [0, 0.1) is 5.92 Å². The summed E-state index contributed by atoms with van der Waals surface area (Å²) in [5.74, 6) is -1.29. The summed E-state index contributed by atoms with van der Waals surface area (Å²) in [6.07, 6.45) is 7.77. The van der Waals surface area contributed by atoms with Gasteiger partial charge < -0.3 is 20.0 Å². The maximum Gasteiger partial charge on any atom is 0.268 e. The molecule has 0 aliphatic carbocycles. The van der Waals surface area contributed by atoms with Crippen molar-refractivity contribution in [2.75, 3.05) is 29.5 Å². The molecule has 0 unspecified atom stereocenters. The van der Waals surface area contributed by atoms with Gasteiger partial charge in [-0.2, -0.15) is 0 Å². The number of carbonyl (C=O) groups excluding carboxylic acids is 3. The van der Waals surface area contributed by atoms with E-state index in [0.29, 0.717) is 42.1 Å². The van der Waals surface area contributed by atoms with E-state index in [1.165, 1.54) is 4.90 Å². The van der Waals surface area contributed by atoms with Crippen LogP contribution in [0.3, 0.4) is 0 Å². The second-order valence-corrected chi connectivity index (χ2v) is 11.6. The van der Waals surface area contributed by atoms with Crippen LogP contribution in [0.4, 0.5) is 17.1 Å². The van der Waals surface area contributed by atoms with Crippen molar-refractivity contribution >= 4 is 34.8 Å². The van der Waals surface area contributed by atoms with E-state index in [9.17, 15) is 24.6 Å². The van der Waals surface area contributed by atoms with Crippen LogP contribution < -0.4 is 9.80 Å². The maximum atomic E-state index is 14.1. The smallest absolute Gasteiger partial charge is 0.268 e. The number of hydrogen-bond donors (Lipinski definition) is 2. The Labute approximate surface area is 259 Å². The molecule has 8 heteroatoms. The van der Waals surface area contributed by atoms with Crippen LogP contribution in [0.5, 0.6) is 0 Å². The lowest BCUT2D eigenvalue weighted by Gasteiger charge is -2.29. The summed E-state index contributed by atoms with van der Waals surface area (Å²) in [7, 11) is 0. The Morgan fingerprint density at radius 3 is 2.39 bits per heavy atom. The average molecular weight is 596 g/mol. The predicted molar refractivity (Wildman–Crippen MR) is 171 cm³/mol. The molecule has 0 aromatic heterocycles. The van der Waals surface area contributed by atoms with Crippen molar-refractivity contribution in [3.05, 3.63) is 102 Å². The Bertz CT molecular complexity index is 1490. The van der Waals surface area contributed by atoms with E-state index in [4.69, 9.17) is 0 Å². The number of fused-ring (bicyclic) bond motifs is 1. The van der Waals surface area contributed by atoms with Crippen LogP contribution in [0.15, 0.2) is 91.0 Å². The minimum absolute atomic E-state index is 0.0480. The molecule has 0 bridgehead atoms. The van der Waals surface area contributed by atoms with Crippen LogP contribution in [-0.4, -0.2) is 52.5 Å². The lowest BCUT2D eigenvalue weighted by atomic mass is 9.82. The summed E-state index contributed by atoms with van der Waals surface area (Å²) in [6.45, 7) is 2.79. The fourth-order valence-corrected chi connectivity index (χ4v) is 6.15. The number of anilines is 3. The van der Waals surface area contributed by atoms with Gasteiger partial charge in [0.1, 0.15) is 0 Å². The quantitative estimate of drug-likeness (QED) is 0.304. The third-order valence-corrected chi connectivity index (χ3v) is 8.63. The van der Waals surface area contributed by atoms with Gasteiger partial charge in [0.25, 0.3) is 5.91 Å². The van der Waals surface area contributed by atoms with Gasteiger partial charge in [0.15, 0.2) is 5.60 Å². The number of nitrogens with zero attached hydrogens (tertiary/aromatic N) is 3. The molecular formula is C36H41N3O5. The molecule has 2 atom stereocenters. The Balaban J connectivity index is 1.43. The van der Waals surface area contributed by atoms with E-state index in [2.05, 4.69) is 0 Å². The normalized spacial score (nSPS) is 19.5. The Morgan fingerprint density at radius 1 is 0.955 bits per heavy atom. The van der Waals surface area contributed by atoms with Crippen LogP contribution >= 0.6 is 0 Å². The average Bonchev–Trinajstić information content (AvgIpc) is 3.26. The summed E-state index contributed by atoms with van der Waals surface area (Å²) in [5, 5.41) is 21.8. The molecule has 3 aromatic rings. The molecule has 2 aliphatic heterocycles. The molecule has 5 rings (SSSR count). The minimum Gasteiger partial charge on any atom is -0.395 e. The number of rotatable bonds is 10. The van der Waals surface area contributed by atoms with Gasteiger partial charge in [-0.05, 0) is 48.7 Å². The second-order valence-electron chi connectivity index (χ2n) is 11.6. The van der Waals surface area contributed by atoms with Crippen molar-refractivity contribution in [3.63, 3.8) is 0 Å². The molecule has 3 amide bonds. The van der Waals surface area contributed by atoms with Gasteiger partial charge in [-0.15, -0.1) is 0 Å². The molecular weight excluding hydrogens is 554 g/mol. The van der Waals surface area contributed by atoms with Crippen molar-refractivity contribution in [1.29, 1.82) is 0 Å². The molecule has 44 heavy (non-hydrogen) atoms. The number of hydrogen-bond acceptors (Lipinski definition) is 5. The second kappa shape index (κ2) is 14.0. The van der Waals surface area contributed by atoms with Gasteiger partial charge in [0.2, 0.25) is 11.8 Å². The third-order valence-electron chi connectivity index (χ3n) is 8.63. The monoisotopic (exact) mass is 595 g/mol. The predicted octanol–water partition coefficient (Wildman–Crippen LogP) is 5.45. The molecule has 3 aromatic carbocycles. The summed E-state index contributed by atoms with van der Waals surface area (Å²) in [4.78, 5) is 45.2. The van der Waals surface area contributed by atoms with Crippen molar-refractivity contribution in [2.24, 2.45) is 5.92 Å². The minimum atomic E-state index is -1.92. The van der Waals surface area contributed by atoms with Crippen LogP contribution in [0.25, 0.3) is 0 Å². The number of amides is 3. The molecule has 0 spiro atoms. The Morgan fingerprint density at radius 2 is 1.66 bits per heavy atom. The molecule has 2 heterocycles. The summed E-state index contributed by atoms with van der Waals surface area (Å²) in [5.41, 5.74) is 1.36. The summed E-state index contributed by atoms with van der Waals surface area (Å²) < 4.78 is 0. The van der Waals surface area contributed by atoms with Gasteiger partial charge >= 0.3 is 0 Å². The fourth-order valence-electron chi connectivity index (χ4n) is 6.15. The summed E-state index contributed by atoms with van der Waals surface area (Å²) in [6, 6.07) is 24.2. The van der Waals surface area contributed by atoms with Gasteiger partial charge in [-0.1, -0.05) is 80.4 Å². The van der Waals surface area contributed by atoms with E-state index in [1.807, 2.05) is 72.8 Å². The molecule has 1 saturated heterocycles. The van der Waals surface area contributed by atoms with Gasteiger partial charge in [0.05, 0.1) is 12.3 Å². The van der Waals surface area contributed by atoms with Crippen molar-refractivity contribution in [3.8, 4) is 0 Å². The van der Waals surface area contributed by atoms with Crippen LogP contribution in [0.1, 0.15) is 56.6 Å². The molecule has 0 saturated carbocycles. The summed E-state index contributed by atoms with van der Waals surface area (Å²) >= 11 is 0. The number of carbonyl (C=O) groups is 3. The number of aliphatic hydroxyl groups is 2. The number of aliphatic hydroxyl groups excluding tert-OH is 1. The highest BCUT2D eigenvalue weighted by atomic mass is 16.3. The van der Waals surface area contributed by atoms with Gasteiger partial charge in [-0.3, -0.25) is 19.3 Å². The van der Waals surface area contributed by atoms with E-state index >= 15 is 0 Å². The first-order chi connectivity index (χ1) is 21.3. The van der Waals surface area contributed by atoms with Gasteiger partial charge in [0, 0.05) is 55.3 Å². The Hall–Kier alpha value is -4.27. The fraction of sp³-hybridized carbons (Fsp3) is 0.361. The van der Waals surface area contributed by atoms with E-state index in [1.54, 1.807) is 34.9 Å². The largest absolute Gasteiger partial charge is 0.395 e. The lowest BCUT2D eigenvalue weighted by molar-refractivity contribution is -0.138. The van der Waals surface area contributed by atoms with E-state index in [0.717, 1.165) is 31.2 Å². The van der Waals surface area contributed by atoms with Crippen molar-refractivity contribution < 1.29 is 24.6 Å². The lowest BCUT2D eigenvalue weighted by Crippen LogP contribution is -2.43. The van der Waals surface area contributed by atoms with Crippen molar-refractivity contribution in [2.45, 2.75) is 57.6 Å². The topological polar surface area (TPSA) is 101 Å². The standard InChI is InChI=1S/C36H41N3O5/c1-27(13-12-19-33(41)37(23-24-40)26-28-14-6-4-7-15-28)36(44)31-25-30(38-22-11-3-2-10-18-34(38)42)20-21-32(31)39(35(36)43)29-16-8-5-9-17-29/h4-9,12-17,20-21,25,27,40,44H,2-3,10-11,18-19,22-24,26H2,1H3/b13-12+/t27-,36+/m1/s1. The zero-order valence-electron chi connectivity index (χ0n) is 25.3. The molecule has 8 nitrogen and oxygen atoms in total. The Kier molecular flexibility index (Phi) is 9.92. The third kappa shape index (κ3) is 6.47. The van der Waals surface area contributed by atoms with E-state index in [-0.39, 0.29) is 31.4 Å². The van der Waals surface area contributed by atoms with Crippen LogP contribution in [0.2, 0.25) is 0 Å². The number of para-hydroxylation sites is 1. The molecule has 2 aliphatic rings. The first-order valence-corrected chi connectivity index (χ1v) is 15.5. The molecule has 1 fully saturated rings. The molecule has 230 valence electrons. The zero-order chi connectivity index (χ0) is 31.1. The number of benzene rings is 3. The van der Waals surface area contributed by atoms with Gasteiger partial charge in [-0.25, -0.2) is 0 Å². The highest BCUT2D eigenvalue weighted by molar-refractivity contribution is 6.12. The SMILES string of the molecule is C[C@H](/C=C/CC(=O)N(CCO)Cc1ccccc1)[C@@]1(O)C(=O)N(c2ccccc2)c2ccc(N3CCCCCCC3=O)cc21. The van der Waals surface area contributed by atoms with Crippen molar-refractivity contribution in [1.82, 2.24) is 4.90 Å². The zero-order valence-corrected chi connectivity index (χ0v) is 25.3. The first kappa shape index (κ1) is 31.2. The molecule has 0 radical (unpaired) electrons. The molecule has 2 N–H and O–H groups in total. The van der Waals surface area contributed by atoms with E-state index < -0.39 is 17.4 Å². The maximum absolute atomic E-state index is 14.1. The first-order valence-electron chi connectivity index (χ1n) is 15.5. The highest BCUT2D eigenvalue weighted by Gasteiger charge is 2.53. The van der Waals surface area contributed by atoms with Crippen LogP contribution in [-0.2, 0) is 26.5 Å². The highest BCUT2D eigenvalue weighted by Crippen LogP contribution is 2.49.